The van der Waals surface area contributed by atoms with Crippen molar-refractivity contribution < 1.29 is 58.1 Å². The number of benzene rings is 3. The van der Waals surface area contributed by atoms with Gasteiger partial charge in [-0.1, -0.05) is 55.5 Å². The van der Waals surface area contributed by atoms with Crippen LogP contribution in [0.3, 0.4) is 0 Å². The van der Waals surface area contributed by atoms with Gasteiger partial charge in [-0.05, 0) is 73.1 Å². The molecule has 0 bridgehead atoms. The summed E-state index contributed by atoms with van der Waals surface area (Å²) in [5.74, 6) is 0.962. The molecule has 5 rings (SSSR count). The zero-order valence-corrected chi connectivity index (χ0v) is 27.1. The van der Waals surface area contributed by atoms with Crippen LogP contribution in [0.25, 0.3) is 22.6 Å². The molecule has 43 heavy (non-hydrogen) atoms. The molecule has 1 aliphatic rings. The molecule has 0 saturated heterocycles. The van der Waals surface area contributed by atoms with Crippen LogP contribution in [0.4, 0.5) is 4.79 Å². The first-order chi connectivity index (χ1) is 20.4. The van der Waals surface area contributed by atoms with E-state index < -0.39 is 5.97 Å². The Bertz CT molecular complexity index is 1530. The minimum atomic E-state index is -1.10. The quantitative estimate of drug-likeness (QED) is 0.247. The predicted molar refractivity (Wildman–Crippen MR) is 157 cm³/mol. The molecule has 4 aromatic rings. The number of carboxylic acids is 1. The van der Waals surface area contributed by atoms with E-state index in [0.29, 0.717) is 51.5 Å². The number of carbonyl (C=O) groups is 2. The third kappa shape index (κ3) is 8.07. The predicted octanol–water partition coefficient (Wildman–Crippen LogP) is 2.53. The Morgan fingerprint density at radius 2 is 1.65 bits per heavy atom. The van der Waals surface area contributed by atoms with Crippen LogP contribution in [0.2, 0.25) is 0 Å². The molecule has 0 fully saturated rings. The number of aromatic nitrogens is 1. The number of carboxylic acid groups (broad SMARTS) is 1. The molecule has 1 aromatic heterocycles. The normalized spacial score (nSPS) is 12.3. The molecule has 0 unspecified atom stereocenters. The van der Waals surface area contributed by atoms with Gasteiger partial charge >= 0.3 is 35.7 Å². The fourth-order valence-electron chi connectivity index (χ4n) is 5.23. The van der Waals surface area contributed by atoms with E-state index in [1.165, 1.54) is 0 Å². The smallest absolute Gasteiger partial charge is 0.550 e. The number of carbonyl (C=O) groups excluding carboxylic acids is 2. The summed E-state index contributed by atoms with van der Waals surface area (Å²) in [7, 11) is 0. The molecule has 0 atom stereocenters. The SMILES string of the molecule is CCCOC(=O)N1CCc2c(OCCc3nc(-c4ccc(-c5ccccc5)cc4)oc3C)ccc(CCC(=O)[O-])c2C1.[Na+]. The maximum Gasteiger partial charge on any atom is 1.00 e. The van der Waals surface area contributed by atoms with Crippen molar-refractivity contribution in [2.24, 2.45) is 0 Å². The van der Waals surface area contributed by atoms with E-state index in [1.54, 1.807) is 4.90 Å². The number of hydrogen-bond acceptors (Lipinski definition) is 7. The van der Waals surface area contributed by atoms with Gasteiger partial charge in [-0.15, -0.1) is 0 Å². The van der Waals surface area contributed by atoms with E-state index >= 15 is 0 Å². The monoisotopic (exact) mass is 590 g/mol. The van der Waals surface area contributed by atoms with Gasteiger partial charge in [-0.25, -0.2) is 9.78 Å². The number of hydrogen-bond donors (Lipinski definition) is 0. The molecule has 218 valence electrons. The van der Waals surface area contributed by atoms with E-state index in [2.05, 4.69) is 24.3 Å². The summed E-state index contributed by atoms with van der Waals surface area (Å²) < 4.78 is 17.6. The molecule has 1 aliphatic heterocycles. The van der Waals surface area contributed by atoms with Gasteiger partial charge in [0, 0.05) is 36.6 Å². The van der Waals surface area contributed by atoms with Gasteiger partial charge in [0.2, 0.25) is 5.89 Å². The maximum absolute atomic E-state index is 12.5. The second-order valence-electron chi connectivity index (χ2n) is 10.4. The number of fused-ring (bicyclic) bond motifs is 1. The third-order valence-electron chi connectivity index (χ3n) is 7.48. The van der Waals surface area contributed by atoms with Crippen molar-refractivity contribution >= 4 is 12.1 Å². The number of oxazole rings is 1. The number of amides is 1. The molecule has 8 nitrogen and oxygen atoms in total. The summed E-state index contributed by atoms with van der Waals surface area (Å²) in [5.41, 5.74) is 6.84. The molecular weight excluding hydrogens is 555 g/mol. The first-order valence-electron chi connectivity index (χ1n) is 14.4. The summed E-state index contributed by atoms with van der Waals surface area (Å²) >= 11 is 0. The Hall–Kier alpha value is -3.59. The number of nitrogens with zero attached hydrogens (tertiary/aromatic N) is 2. The van der Waals surface area contributed by atoms with Gasteiger partial charge in [0.05, 0.1) is 18.9 Å². The maximum atomic E-state index is 12.5. The van der Waals surface area contributed by atoms with Gasteiger partial charge in [-0.3, -0.25) is 0 Å². The summed E-state index contributed by atoms with van der Waals surface area (Å²) in [5, 5.41) is 11.1. The Kier molecular flexibility index (Phi) is 11.4. The van der Waals surface area contributed by atoms with Crippen LogP contribution < -0.4 is 39.4 Å². The number of ether oxygens (including phenoxy) is 2. The van der Waals surface area contributed by atoms with E-state index in [1.807, 2.05) is 56.3 Å². The minimum Gasteiger partial charge on any atom is -0.550 e. The number of aliphatic carboxylic acids is 1. The molecular formula is C34H35N2NaO6. The van der Waals surface area contributed by atoms with Crippen LogP contribution in [0.1, 0.15) is 47.9 Å². The molecule has 9 heteroatoms. The van der Waals surface area contributed by atoms with E-state index in [4.69, 9.17) is 18.9 Å². The first kappa shape index (κ1) is 32.3. The van der Waals surface area contributed by atoms with Crippen molar-refractivity contribution in [2.45, 2.75) is 52.5 Å². The number of rotatable bonds is 11. The first-order valence-corrected chi connectivity index (χ1v) is 14.4. The molecule has 2 heterocycles. The van der Waals surface area contributed by atoms with E-state index in [0.717, 1.165) is 57.0 Å². The van der Waals surface area contributed by atoms with Crippen molar-refractivity contribution in [1.82, 2.24) is 9.88 Å². The summed E-state index contributed by atoms with van der Waals surface area (Å²) in [6, 6.07) is 22.2. The molecule has 0 saturated carbocycles. The van der Waals surface area contributed by atoms with Crippen molar-refractivity contribution in [2.75, 3.05) is 19.8 Å². The molecule has 0 radical (unpaired) electrons. The van der Waals surface area contributed by atoms with Crippen molar-refractivity contribution in [3.05, 3.63) is 94.9 Å². The number of aryl methyl sites for hydroxylation is 2. The Balaban J connectivity index is 0.00000423. The largest absolute Gasteiger partial charge is 1.00 e. The van der Waals surface area contributed by atoms with Crippen LogP contribution in [-0.4, -0.2) is 41.7 Å². The topological polar surface area (TPSA) is 105 Å². The van der Waals surface area contributed by atoms with Crippen LogP contribution in [0, 0.1) is 6.92 Å². The van der Waals surface area contributed by atoms with Gasteiger partial charge in [0.1, 0.15) is 11.5 Å². The summed E-state index contributed by atoms with van der Waals surface area (Å²) in [6.45, 7) is 5.48. The molecule has 0 aliphatic carbocycles. The second kappa shape index (κ2) is 15.2. The Morgan fingerprint density at radius 1 is 0.930 bits per heavy atom. The van der Waals surface area contributed by atoms with Gasteiger partial charge < -0.3 is 28.7 Å². The molecule has 3 aromatic carbocycles. The molecule has 0 spiro atoms. The van der Waals surface area contributed by atoms with Gasteiger partial charge in [-0.2, -0.15) is 0 Å². The Morgan fingerprint density at radius 3 is 2.37 bits per heavy atom. The fourth-order valence-corrected chi connectivity index (χ4v) is 5.23. The van der Waals surface area contributed by atoms with E-state index in [-0.39, 0.29) is 42.1 Å². The van der Waals surface area contributed by atoms with Crippen molar-refractivity contribution in [3.8, 4) is 28.3 Å². The van der Waals surface area contributed by atoms with Crippen LogP contribution in [0.5, 0.6) is 5.75 Å². The van der Waals surface area contributed by atoms with Gasteiger partial charge in [0.25, 0.3) is 0 Å². The van der Waals surface area contributed by atoms with E-state index in [9.17, 15) is 14.7 Å². The van der Waals surface area contributed by atoms with Crippen molar-refractivity contribution in [3.63, 3.8) is 0 Å². The average molecular weight is 591 g/mol. The average Bonchev–Trinajstić information content (AvgIpc) is 3.39. The fraction of sp³-hybridized carbons (Fsp3) is 0.324. The zero-order chi connectivity index (χ0) is 29.5. The van der Waals surface area contributed by atoms with Crippen LogP contribution in [-0.2, 0) is 35.3 Å². The third-order valence-corrected chi connectivity index (χ3v) is 7.48. The zero-order valence-electron chi connectivity index (χ0n) is 25.1. The van der Waals surface area contributed by atoms with Gasteiger partial charge in [0.15, 0.2) is 0 Å². The second-order valence-corrected chi connectivity index (χ2v) is 10.4. The summed E-state index contributed by atoms with van der Waals surface area (Å²) in [4.78, 5) is 30.1. The van der Waals surface area contributed by atoms with Crippen LogP contribution >= 0.6 is 0 Å². The van der Waals surface area contributed by atoms with Crippen LogP contribution in [0.15, 0.2) is 71.1 Å². The standard InChI is InChI=1S/C34H36N2O6.Na/c1-3-20-41-34(39)36-19-17-28-29(22-36)26(14-16-32(37)38)13-15-31(28)40-21-18-30-23(2)42-33(35-30)27-11-9-25(10-12-27)24-7-5-4-6-8-24;/h4-13,15H,3,14,16-22H2,1-2H3,(H,37,38);/q;+1/p-1. The summed E-state index contributed by atoms with van der Waals surface area (Å²) in [6.07, 6.45) is 1.79. The Labute approximate surface area is 274 Å². The van der Waals surface area contributed by atoms with Crippen molar-refractivity contribution in [1.29, 1.82) is 0 Å². The minimum absolute atomic E-state index is 0. The molecule has 1 amide bonds. The molecule has 0 N–H and O–H groups in total.